The van der Waals surface area contributed by atoms with Gasteiger partial charge in [-0.2, -0.15) is 4.99 Å². The highest BCUT2D eigenvalue weighted by Crippen LogP contribution is 2.21. The van der Waals surface area contributed by atoms with E-state index in [1.807, 2.05) is 0 Å². The molecule has 0 fully saturated rings. The Labute approximate surface area is 127 Å². The number of thiazole rings is 1. The number of aryl methyl sites for hydroxylation is 1. The molecule has 0 aliphatic rings. The molecular weight excluding hydrogens is 313 g/mol. The second kappa shape index (κ2) is 5.42. The number of amides is 1. The Hall–Kier alpha value is -2.41. The van der Waals surface area contributed by atoms with Gasteiger partial charge in [0, 0.05) is 18.7 Å². The lowest BCUT2D eigenvalue weighted by Gasteiger charge is -1.98. The first kappa shape index (κ1) is 14.5. The van der Waals surface area contributed by atoms with Gasteiger partial charge in [-0.25, -0.2) is 13.2 Å². The van der Waals surface area contributed by atoms with Crippen LogP contribution in [0.3, 0.4) is 0 Å². The van der Waals surface area contributed by atoms with Gasteiger partial charge < -0.3 is 4.57 Å². The lowest BCUT2D eigenvalue weighted by molar-refractivity contribution is 0.0997. The van der Waals surface area contributed by atoms with Gasteiger partial charge in [0.15, 0.2) is 10.6 Å². The van der Waals surface area contributed by atoms with Crippen LogP contribution >= 0.6 is 11.3 Å². The number of rotatable bonds is 1. The highest BCUT2D eigenvalue weighted by Gasteiger charge is 2.12. The molecule has 112 valence electrons. The van der Waals surface area contributed by atoms with Crippen LogP contribution in [0.4, 0.5) is 13.2 Å². The summed E-state index contributed by atoms with van der Waals surface area (Å²) in [5, 5.41) is 0. The molecule has 0 bridgehead atoms. The maximum atomic E-state index is 13.8. The molecule has 0 saturated heterocycles. The molecule has 1 aromatic heterocycles. The zero-order chi connectivity index (χ0) is 15.9. The number of benzene rings is 2. The maximum absolute atomic E-state index is 13.8. The molecule has 0 saturated carbocycles. The van der Waals surface area contributed by atoms with Crippen molar-refractivity contribution < 1.29 is 18.0 Å². The molecule has 22 heavy (non-hydrogen) atoms. The number of fused-ring (bicyclic) bond motifs is 1. The summed E-state index contributed by atoms with van der Waals surface area (Å²) in [5.74, 6) is -2.62. The number of hydrogen-bond acceptors (Lipinski definition) is 2. The standard InChI is InChI=1S/C15H9F3N2OS/c1-20-13-11(18)6-10(17)7-12(13)22-15(20)19-14(21)8-3-2-4-9(16)5-8/h2-7H,1H3. The van der Waals surface area contributed by atoms with Gasteiger partial charge in [-0.3, -0.25) is 4.79 Å². The van der Waals surface area contributed by atoms with Gasteiger partial charge in [0.25, 0.3) is 5.91 Å². The van der Waals surface area contributed by atoms with Gasteiger partial charge in [0.2, 0.25) is 0 Å². The number of carbonyl (C=O) groups is 1. The van der Waals surface area contributed by atoms with Crippen molar-refractivity contribution in [3.63, 3.8) is 0 Å². The molecule has 0 unspecified atom stereocenters. The lowest BCUT2D eigenvalue weighted by Crippen LogP contribution is -2.13. The van der Waals surface area contributed by atoms with E-state index in [4.69, 9.17) is 0 Å². The fourth-order valence-corrected chi connectivity index (χ4v) is 3.13. The third-order valence-corrected chi connectivity index (χ3v) is 4.16. The zero-order valence-corrected chi connectivity index (χ0v) is 12.1. The minimum atomic E-state index is -0.728. The summed E-state index contributed by atoms with van der Waals surface area (Å²) in [7, 11) is 1.53. The van der Waals surface area contributed by atoms with Crippen molar-refractivity contribution in [3.8, 4) is 0 Å². The van der Waals surface area contributed by atoms with Gasteiger partial charge in [0.1, 0.15) is 11.6 Å². The Morgan fingerprint density at radius 2 is 1.91 bits per heavy atom. The molecule has 1 amide bonds. The van der Waals surface area contributed by atoms with Crippen molar-refractivity contribution in [1.82, 2.24) is 4.57 Å². The normalized spacial score (nSPS) is 12.1. The van der Waals surface area contributed by atoms with Gasteiger partial charge in [-0.15, -0.1) is 0 Å². The lowest BCUT2D eigenvalue weighted by atomic mass is 10.2. The smallest absolute Gasteiger partial charge is 0.279 e. The van der Waals surface area contributed by atoms with E-state index in [-0.39, 0.29) is 15.9 Å². The number of aromatic nitrogens is 1. The van der Waals surface area contributed by atoms with Crippen molar-refractivity contribution in [2.45, 2.75) is 0 Å². The van der Waals surface area contributed by atoms with Crippen molar-refractivity contribution in [2.24, 2.45) is 12.0 Å². The summed E-state index contributed by atoms with van der Waals surface area (Å²) in [5.41, 5.74) is 0.251. The van der Waals surface area contributed by atoms with Gasteiger partial charge in [-0.05, 0) is 24.3 Å². The van der Waals surface area contributed by atoms with Crippen LogP contribution in [0.15, 0.2) is 41.4 Å². The monoisotopic (exact) mass is 322 g/mol. The maximum Gasteiger partial charge on any atom is 0.279 e. The zero-order valence-electron chi connectivity index (χ0n) is 11.3. The molecule has 3 nitrogen and oxygen atoms in total. The van der Waals surface area contributed by atoms with Crippen molar-refractivity contribution in [2.75, 3.05) is 0 Å². The second-order valence-corrected chi connectivity index (χ2v) is 5.61. The fraction of sp³-hybridized carbons (Fsp3) is 0.0667. The molecule has 0 N–H and O–H groups in total. The van der Waals surface area contributed by atoms with E-state index in [9.17, 15) is 18.0 Å². The molecule has 0 spiro atoms. The molecule has 1 heterocycles. The Kier molecular flexibility index (Phi) is 3.58. The van der Waals surface area contributed by atoms with Crippen LogP contribution in [0.1, 0.15) is 10.4 Å². The number of halogens is 3. The Bertz CT molecular complexity index is 959. The van der Waals surface area contributed by atoms with Crippen LogP contribution in [-0.4, -0.2) is 10.5 Å². The molecule has 3 aromatic rings. The highest BCUT2D eigenvalue weighted by atomic mass is 32.1. The van der Waals surface area contributed by atoms with Crippen LogP contribution in [0.25, 0.3) is 10.2 Å². The van der Waals surface area contributed by atoms with E-state index in [0.29, 0.717) is 4.70 Å². The summed E-state index contributed by atoms with van der Waals surface area (Å²) in [6.45, 7) is 0. The van der Waals surface area contributed by atoms with Gasteiger partial charge >= 0.3 is 0 Å². The van der Waals surface area contributed by atoms with Crippen molar-refractivity contribution >= 4 is 27.5 Å². The molecular formula is C15H9F3N2OS. The predicted molar refractivity (Wildman–Crippen MR) is 77.0 cm³/mol. The van der Waals surface area contributed by atoms with Crippen LogP contribution in [-0.2, 0) is 7.05 Å². The summed E-state index contributed by atoms with van der Waals surface area (Å²) in [6.07, 6.45) is 0. The quantitative estimate of drug-likeness (QED) is 0.676. The first-order chi connectivity index (χ1) is 10.5. The first-order valence-electron chi connectivity index (χ1n) is 6.25. The summed E-state index contributed by atoms with van der Waals surface area (Å²) in [6, 6.07) is 7.07. The van der Waals surface area contributed by atoms with E-state index in [1.165, 1.54) is 35.9 Å². The minimum absolute atomic E-state index is 0.0871. The van der Waals surface area contributed by atoms with E-state index in [1.54, 1.807) is 0 Å². The second-order valence-electron chi connectivity index (χ2n) is 4.61. The number of carbonyl (C=O) groups excluding carboxylic acids is 1. The highest BCUT2D eigenvalue weighted by molar-refractivity contribution is 7.16. The molecule has 0 atom stereocenters. The largest absolute Gasteiger partial charge is 0.317 e. The Morgan fingerprint density at radius 3 is 2.64 bits per heavy atom. The summed E-state index contributed by atoms with van der Waals surface area (Å²) >= 11 is 0.981. The number of hydrogen-bond donors (Lipinski definition) is 0. The number of nitrogens with zero attached hydrogens (tertiary/aromatic N) is 2. The van der Waals surface area contributed by atoms with Gasteiger partial charge in [0.05, 0.1) is 10.2 Å². The van der Waals surface area contributed by atoms with E-state index >= 15 is 0 Å². The summed E-state index contributed by atoms with van der Waals surface area (Å²) < 4.78 is 41.9. The average Bonchev–Trinajstić information content (AvgIpc) is 2.75. The predicted octanol–water partition coefficient (Wildman–Crippen LogP) is 3.40. The van der Waals surface area contributed by atoms with Crippen LogP contribution in [0.5, 0.6) is 0 Å². The fourth-order valence-electron chi connectivity index (χ4n) is 2.08. The molecule has 7 heteroatoms. The Balaban J connectivity index is 2.16. The van der Waals surface area contributed by atoms with E-state index < -0.39 is 23.4 Å². The van der Waals surface area contributed by atoms with Crippen LogP contribution in [0.2, 0.25) is 0 Å². The summed E-state index contributed by atoms with van der Waals surface area (Å²) in [4.78, 5) is 16.1. The third kappa shape index (κ3) is 2.55. The van der Waals surface area contributed by atoms with Gasteiger partial charge in [-0.1, -0.05) is 17.4 Å². The average molecular weight is 322 g/mol. The minimum Gasteiger partial charge on any atom is -0.317 e. The molecule has 0 radical (unpaired) electrons. The third-order valence-electron chi connectivity index (χ3n) is 3.09. The van der Waals surface area contributed by atoms with E-state index in [2.05, 4.69) is 4.99 Å². The van der Waals surface area contributed by atoms with Crippen molar-refractivity contribution in [1.29, 1.82) is 0 Å². The Morgan fingerprint density at radius 1 is 1.14 bits per heavy atom. The topological polar surface area (TPSA) is 34.4 Å². The van der Waals surface area contributed by atoms with E-state index in [0.717, 1.165) is 23.5 Å². The molecule has 2 aromatic carbocycles. The van der Waals surface area contributed by atoms with Crippen molar-refractivity contribution in [3.05, 3.63) is 64.2 Å². The van der Waals surface area contributed by atoms with Crippen LogP contribution in [0, 0.1) is 17.5 Å². The molecule has 0 aliphatic heterocycles. The molecule has 3 rings (SSSR count). The first-order valence-corrected chi connectivity index (χ1v) is 7.06. The molecule has 0 aliphatic carbocycles. The SMILES string of the molecule is Cn1c(=NC(=O)c2cccc(F)c2)sc2cc(F)cc(F)c21. The van der Waals surface area contributed by atoms with Crippen LogP contribution < -0.4 is 4.80 Å².